The molecule has 0 aliphatic carbocycles. The van der Waals surface area contributed by atoms with Crippen molar-refractivity contribution in [2.75, 3.05) is 24.9 Å². The van der Waals surface area contributed by atoms with Crippen LogP contribution < -0.4 is 20.5 Å². The Hall–Kier alpha value is -1.80. The molecular formula is C11H16N4O3S. The smallest absolute Gasteiger partial charge is 0.344 e. The summed E-state index contributed by atoms with van der Waals surface area (Å²) in [7, 11) is -1.88. The Morgan fingerprint density at radius 3 is 3.00 bits per heavy atom. The number of nitrogens with zero attached hydrogens (tertiary/aromatic N) is 1. The third kappa shape index (κ3) is 3.15. The van der Waals surface area contributed by atoms with Crippen LogP contribution in [0.5, 0.6) is 5.75 Å². The summed E-state index contributed by atoms with van der Waals surface area (Å²) in [5.41, 5.74) is 6.57. The van der Waals surface area contributed by atoms with Gasteiger partial charge in [-0.2, -0.15) is 8.42 Å². The number of nitrogens with two attached hydrogens (primary N) is 1. The summed E-state index contributed by atoms with van der Waals surface area (Å²) in [4.78, 5) is 0. The predicted molar refractivity (Wildman–Crippen MR) is 73.7 cm³/mol. The molecule has 0 aromatic heterocycles. The molecule has 0 radical (unpaired) electrons. The molecule has 4 N–H and O–H groups in total. The monoisotopic (exact) mass is 284 g/mol. The van der Waals surface area contributed by atoms with Crippen molar-refractivity contribution >= 4 is 21.7 Å². The molecule has 0 saturated heterocycles. The topological polar surface area (TPSA) is 106 Å². The van der Waals surface area contributed by atoms with Crippen molar-refractivity contribution in [3.63, 3.8) is 0 Å². The Kier molecular flexibility index (Phi) is 3.91. The third-order valence-corrected chi connectivity index (χ3v) is 3.48. The zero-order chi connectivity index (χ0) is 13.9. The van der Waals surface area contributed by atoms with Gasteiger partial charge >= 0.3 is 10.2 Å². The molecule has 104 valence electrons. The first-order valence-corrected chi connectivity index (χ1v) is 7.26. The molecule has 1 aromatic carbocycles. The van der Waals surface area contributed by atoms with Gasteiger partial charge in [0, 0.05) is 0 Å². The molecule has 0 fully saturated rings. The molecule has 8 heteroatoms. The highest BCUT2D eigenvalue weighted by atomic mass is 32.2. The van der Waals surface area contributed by atoms with Crippen molar-refractivity contribution in [1.82, 2.24) is 5.32 Å². The number of benzene rings is 1. The lowest BCUT2D eigenvalue weighted by Crippen LogP contribution is -2.27. The average molecular weight is 284 g/mol. The third-order valence-electron chi connectivity index (χ3n) is 2.57. The fourth-order valence-electron chi connectivity index (χ4n) is 1.77. The second-order valence-electron chi connectivity index (χ2n) is 4.04. The molecule has 7 nitrogen and oxygen atoms in total. The van der Waals surface area contributed by atoms with Crippen LogP contribution in [0.1, 0.15) is 12.0 Å². The number of fused-ring (bicyclic) bond motifs is 1. The molecule has 0 atom stereocenters. The van der Waals surface area contributed by atoms with Crippen LogP contribution in [0, 0.1) is 0 Å². The Morgan fingerprint density at radius 1 is 1.47 bits per heavy atom. The van der Waals surface area contributed by atoms with Gasteiger partial charge in [0.15, 0.2) is 5.84 Å². The maximum absolute atomic E-state index is 11.4. The van der Waals surface area contributed by atoms with E-state index in [0.29, 0.717) is 23.6 Å². The van der Waals surface area contributed by atoms with Gasteiger partial charge in [-0.3, -0.25) is 4.72 Å². The summed E-state index contributed by atoms with van der Waals surface area (Å²) in [6, 6.07) is 5.06. The van der Waals surface area contributed by atoms with Crippen LogP contribution in [0.2, 0.25) is 0 Å². The number of amidine groups is 1. The van der Waals surface area contributed by atoms with Crippen molar-refractivity contribution in [2.24, 2.45) is 10.1 Å². The fraction of sp³-hybridized carbons (Fsp3) is 0.364. The zero-order valence-corrected chi connectivity index (χ0v) is 11.3. The quantitative estimate of drug-likeness (QED) is 0.662. The first kappa shape index (κ1) is 13.6. The van der Waals surface area contributed by atoms with Gasteiger partial charge in [-0.25, -0.2) is 0 Å². The van der Waals surface area contributed by atoms with Crippen LogP contribution in [0.15, 0.2) is 22.6 Å². The average Bonchev–Trinajstić information content (AvgIpc) is 2.32. The van der Waals surface area contributed by atoms with E-state index in [4.69, 9.17) is 10.5 Å². The SMILES string of the molecule is CNCCCOc1cccc2c1C(N)=NS(=O)(=O)N2. The van der Waals surface area contributed by atoms with Gasteiger partial charge in [0.05, 0.1) is 17.9 Å². The van der Waals surface area contributed by atoms with Gasteiger partial charge in [-0.05, 0) is 32.1 Å². The Balaban J connectivity index is 2.24. The Labute approximate surface area is 112 Å². The number of hydrogen-bond acceptors (Lipinski definition) is 5. The van der Waals surface area contributed by atoms with E-state index in [0.717, 1.165) is 13.0 Å². The van der Waals surface area contributed by atoms with E-state index in [1.165, 1.54) is 0 Å². The molecule has 0 spiro atoms. The maximum Gasteiger partial charge on any atom is 0.344 e. The molecule has 0 saturated carbocycles. The number of hydrogen-bond donors (Lipinski definition) is 3. The first-order valence-electron chi connectivity index (χ1n) is 5.82. The standard InChI is InChI=1S/C11H16N4O3S/c1-13-6-3-7-18-9-5-2-4-8-10(9)11(12)15-19(16,17)14-8/h2,4-5,13-14H,3,6-7H2,1H3,(H2,12,15). The van der Waals surface area contributed by atoms with Crippen LogP contribution in [0.4, 0.5) is 5.69 Å². The van der Waals surface area contributed by atoms with E-state index in [9.17, 15) is 8.42 Å². The van der Waals surface area contributed by atoms with E-state index in [-0.39, 0.29) is 5.84 Å². The first-order chi connectivity index (χ1) is 9.03. The number of ether oxygens (including phenoxy) is 1. The largest absolute Gasteiger partial charge is 0.493 e. The summed E-state index contributed by atoms with van der Waals surface area (Å²) < 4.78 is 34.2. The summed E-state index contributed by atoms with van der Waals surface area (Å²) in [6.07, 6.45) is 0.836. The summed E-state index contributed by atoms with van der Waals surface area (Å²) in [5, 5.41) is 3.02. The van der Waals surface area contributed by atoms with E-state index in [1.54, 1.807) is 18.2 Å². The van der Waals surface area contributed by atoms with E-state index >= 15 is 0 Å². The van der Waals surface area contributed by atoms with E-state index in [1.807, 2.05) is 7.05 Å². The van der Waals surface area contributed by atoms with Crippen LogP contribution in [0.3, 0.4) is 0 Å². The highest BCUT2D eigenvalue weighted by molar-refractivity contribution is 7.91. The van der Waals surface area contributed by atoms with Gasteiger partial charge in [0.1, 0.15) is 5.75 Å². The van der Waals surface area contributed by atoms with E-state index in [2.05, 4.69) is 14.4 Å². The molecule has 1 aliphatic heterocycles. The van der Waals surface area contributed by atoms with Gasteiger partial charge in [0.2, 0.25) is 0 Å². The van der Waals surface area contributed by atoms with Crippen molar-refractivity contribution < 1.29 is 13.2 Å². The van der Waals surface area contributed by atoms with Crippen molar-refractivity contribution in [3.8, 4) is 5.75 Å². The minimum Gasteiger partial charge on any atom is -0.493 e. The lowest BCUT2D eigenvalue weighted by molar-refractivity contribution is 0.309. The van der Waals surface area contributed by atoms with Crippen LogP contribution in [-0.2, 0) is 10.2 Å². The molecule has 19 heavy (non-hydrogen) atoms. The predicted octanol–water partition coefficient (Wildman–Crippen LogP) is 0.0505. The summed E-state index contributed by atoms with van der Waals surface area (Å²) in [6.45, 7) is 1.35. The minimum absolute atomic E-state index is 0.0574. The summed E-state index contributed by atoms with van der Waals surface area (Å²) >= 11 is 0. The normalized spacial score (nSPS) is 16.2. The molecule has 2 rings (SSSR count). The Bertz CT molecular complexity index is 598. The molecule has 1 aliphatic rings. The second kappa shape index (κ2) is 5.45. The molecule has 1 aromatic rings. The van der Waals surface area contributed by atoms with Crippen molar-refractivity contribution in [2.45, 2.75) is 6.42 Å². The second-order valence-corrected chi connectivity index (χ2v) is 5.37. The highest BCUT2D eigenvalue weighted by Crippen LogP contribution is 2.30. The van der Waals surface area contributed by atoms with E-state index < -0.39 is 10.2 Å². The van der Waals surface area contributed by atoms with Crippen molar-refractivity contribution in [3.05, 3.63) is 23.8 Å². The van der Waals surface area contributed by atoms with Gasteiger partial charge in [-0.1, -0.05) is 6.07 Å². The molecule has 0 unspecified atom stereocenters. The maximum atomic E-state index is 11.4. The van der Waals surface area contributed by atoms with Gasteiger partial charge in [0.25, 0.3) is 0 Å². The number of anilines is 1. The fourth-order valence-corrected chi connectivity index (χ4v) is 2.61. The van der Waals surface area contributed by atoms with Crippen molar-refractivity contribution in [1.29, 1.82) is 0 Å². The minimum atomic E-state index is -3.74. The van der Waals surface area contributed by atoms with Gasteiger partial charge in [-0.15, -0.1) is 4.40 Å². The summed E-state index contributed by atoms with van der Waals surface area (Å²) in [5.74, 6) is 0.468. The van der Waals surface area contributed by atoms with Crippen LogP contribution in [-0.4, -0.2) is 34.5 Å². The van der Waals surface area contributed by atoms with Gasteiger partial charge < -0.3 is 15.8 Å². The van der Waals surface area contributed by atoms with Crippen LogP contribution in [0.25, 0.3) is 0 Å². The molecule has 0 amide bonds. The zero-order valence-electron chi connectivity index (χ0n) is 10.5. The molecule has 0 bridgehead atoms. The molecular weight excluding hydrogens is 268 g/mol. The lowest BCUT2D eigenvalue weighted by Gasteiger charge is -2.19. The van der Waals surface area contributed by atoms with Crippen LogP contribution >= 0.6 is 0 Å². The number of rotatable bonds is 5. The number of nitrogens with one attached hydrogen (secondary N) is 2. The highest BCUT2D eigenvalue weighted by Gasteiger charge is 2.24. The Morgan fingerprint density at radius 2 is 2.26 bits per heavy atom. The molecule has 1 heterocycles. The lowest BCUT2D eigenvalue weighted by atomic mass is 10.1.